The van der Waals surface area contributed by atoms with Crippen LogP contribution in [-0.4, -0.2) is 24.9 Å². The van der Waals surface area contributed by atoms with Crippen LogP contribution in [0.5, 0.6) is 5.75 Å². The van der Waals surface area contributed by atoms with Crippen LogP contribution >= 0.6 is 0 Å². The van der Waals surface area contributed by atoms with Gasteiger partial charge in [-0.3, -0.25) is 0 Å². The molecule has 1 saturated carbocycles. The van der Waals surface area contributed by atoms with E-state index in [0.29, 0.717) is 18.3 Å². The highest BCUT2D eigenvalue weighted by molar-refractivity contribution is 5.31. The lowest BCUT2D eigenvalue weighted by Crippen LogP contribution is -2.34. The molecule has 88 valence electrons. The largest absolute Gasteiger partial charge is 0.508 e. The fraction of sp³-hybridized carbons (Fsp3) is 0.538. The molecule has 0 saturated heterocycles. The predicted octanol–water partition coefficient (Wildman–Crippen LogP) is 1.91. The van der Waals surface area contributed by atoms with Crippen LogP contribution in [0.3, 0.4) is 0 Å². The Bertz CT molecular complexity index is 336. The lowest BCUT2D eigenvalue weighted by Gasteiger charge is -2.17. The fourth-order valence-electron chi connectivity index (χ4n) is 1.94. The second-order valence-corrected chi connectivity index (χ2v) is 4.41. The summed E-state index contributed by atoms with van der Waals surface area (Å²) in [5, 5.41) is 13.1. The number of ether oxygens (including phenoxy) is 1. The molecular weight excluding hydrogens is 202 g/mol. The summed E-state index contributed by atoms with van der Waals surface area (Å²) in [5.41, 5.74) is 0.948. The molecule has 0 radical (unpaired) electrons. The van der Waals surface area contributed by atoms with Gasteiger partial charge in [0, 0.05) is 25.3 Å². The maximum absolute atomic E-state index is 9.64. The Hall–Kier alpha value is -1.06. The van der Waals surface area contributed by atoms with E-state index in [0.717, 1.165) is 18.1 Å². The topological polar surface area (TPSA) is 41.5 Å². The van der Waals surface area contributed by atoms with Gasteiger partial charge in [0.05, 0.1) is 6.61 Å². The lowest BCUT2D eigenvalue weighted by atomic mass is 10.1. The first-order valence-corrected chi connectivity index (χ1v) is 5.80. The summed E-state index contributed by atoms with van der Waals surface area (Å²) in [4.78, 5) is 0. The molecule has 1 aromatic rings. The summed E-state index contributed by atoms with van der Waals surface area (Å²) in [6, 6.07) is 7.87. The maximum Gasteiger partial charge on any atom is 0.120 e. The molecule has 1 fully saturated rings. The van der Waals surface area contributed by atoms with E-state index in [-0.39, 0.29) is 0 Å². The molecule has 1 aromatic carbocycles. The molecule has 0 aromatic heterocycles. The number of aromatic hydroxyl groups is 1. The molecular formula is C13H19NO2. The summed E-state index contributed by atoms with van der Waals surface area (Å²) in [5.74, 6) is 1.12. The SMILES string of the molecule is COCC(NCc1ccccc1O)C1CC1. The zero-order chi connectivity index (χ0) is 11.4. The average molecular weight is 221 g/mol. The summed E-state index contributed by atoms with van der Waals surface area (Å²) in [6.07, 6.45) is 2.59. The monoisotopic (exact) mass is 221 g/mol. The molecule has 3 nitrogen and oxygen atoms in total. The Labute approximate surface area is 96.4 Å². The van der Waals surface area contributed by atoms with E-state index in [9.17, 15) is 5.11 Å². The summed E-state index contributed by atoms with van der Waals surface area (Å²) < 4.78 is 5.20. The minimum atomic E-state index is 0.363. The third-order valence-electron chi connectivity index (χ3n) is 3.08. The maximum atomic E-state index is 9.64. The molecule has 2 rings (SSSR count). The molecule has 1 aliphatic carbocycles. The van der Waals surface area contributed by atoms with Gasteiger partial charge in [0.25, 0.3) is 0 Å². The Balaban J connectivity index is 1.87. The first kappa shape index (κ1) is 11.4. The second kappa shape index (κ2) is 5.32. The number of phenolic OH excluding ortho intramolecular Hbond substituents is 1. The first-order valence-electron chi connectivity index (χ1n) is 5.80. The molecule has 0 amide bonds. The van der Waals surface area contributed by atoms with E-state index in [4.69, 9.17) is 4.74 Å². The van der Waals surface area contributed by atoms with Crippen molar-refractivity contribution < 1.29 is 9.84 Å². The van der Waals surface area contributed by atoms with Gasteiger partial charge < -0.3 is 15.2 Å². The van der Waals surface area contributed by atoms with Gasteiger partial charge in [0.15, 0.2) is 0 Å². The number of benzene rings is 1. The van der Waals surface area contributed by atoms with Gasteiger partial charge in [0.2, 0.25) is 0 Å². The van der Waals surface area contributed by atoms with E-state index < -0.39 is 0 Å². The van der Waals surface area contributed by atoms with E-state index in [2.05, 4.69) is 5.32 Å². The highest BCUT2D eigenvalue weighted by atomic mass is 16.5. The highest BCUT2D eigenvalue weighted by Crippen LogP contribution is 2.33. The molecule has 0 heterocycles. The summed E-state index contributed by atoms with van der Waals surface area (Å²) >= 11 is 0. The van der Waals surface area contributed by atoms with Crippen molar-refractivity contribution in [3.8, 4) is 5.75 Å². The van der Waals surface area contributed by atoms with Gasteiger partial charge in [-0.2, -0.15) is 0 Å². The van der Waals surface area contributed by atoms with Crippen molar-refractivity contribution in [2.24, 2.45) is 5.92 Å². The van der Waals surface area contributed by atoms with Crippen molar-refractivity contribution in [2.75, 3.05) is 13.7 Å². The van der Waals surface area contributed by atoms with Crippen molar-refractivity contribution in [3.63, 3.8) is 0 Å². The summed E-state index contributed by atoms with van der Waals surface area (Å²) in [7, 11) is 1.73. The van der Waals surface area contributed by atoms with Crippen molar-refractivity contribution in [1.29, 1.82) is 0 Å². The number of rotatable bonds is 6. The van der Waals surface area contributed by atoms with Gasteiger partial charge in [-0.25, -0.2) is 0 Å². The number of phenols is 1. The smallest absolute Gasteiger partial charge is 0.120 e. The van der Waals surface area contributed by atoms with E-state index in [1.54, 1.807) is 13.2 Å². The van der Waals surface area contributed by atoms with Crippen LogP contribution < -0.4 is 5.32 Å². The Morgan fingerprint density at radius 2 is 2.19 bits per heavy atom. The van der Waals surface area contributed by atoms with Crippen LogP contribution in [0.4, 0.5) is 0 Å². The molecule has 0 aliphatic heterocycles. The number of nitrogens with one attached hydrogen (secondary N) is 1. The van der Waals surface area contributed by atoms with E-state index in [1.165, 1.54) is 12.8 Å². The highest BCUT2D eigenvalue weighted by Gasteiger charge is 2.30. The quantitative estimate of drug-likeness (QED) is 0.771. The predicted molar refractivity (Wildman–Crippen MR) is 63.3 cm³/mol. The molecule has 0 spiro atoms. The average Bonchev–Trinajstić information content (AvgIpc) is 3.10. The van der Waals surface area contributed by atoms with E-state index >= 15 is 0 Å². The molecule has 1 unspecified atom stereocenters. The Kier molecular flexibility index (Phi) is 3.80. The molecule has 1 atom stereocenters. The normalized spacial score (nSPS) is 17.3. The Morgan fingerprint density at radius 1 is 1.44 bits per heavy atom. The minimum Gasteiger partial charge on any atom is -0.508 e. The number of hydrogen-bond acceptors (Lipinski definition) is 3. The zero-order valence-corrected chi connectivity index (χ0v) is 9.65. The third kappa shape index (κ3) is 2.97. The minimum absolute atomic E-state index is 0.363. The first-order chi connectivity index (χ1) is 7.81. The van der Waals surface area contributed by atoms with Crippen molar-refractivity contribution in [3.05, 3.63) is 29.8 Å². The Morgan fingerprint density at radius 3 is 2.81 bits per heavy atom. The van der Waals surface area contributed by atoms with Crippen molar-refractivity contribution in [1.82, 2.24) is 5.32 Å². The van der Waals surface area contributed by atoms with Crippen LogP contribution in [0.1, 0.15) is 18.4 Å². The molecule has 0 bridgehead atoms. The van der Waals surface area contributed by atoms with Crippen LogP contribution in [0.2, 0.25) is 0 Å². The van der Waals surface area contributed by atoms with Gasteiger partial charge in [-0.05, 0) is 24.8 Å². The summed E-state index contributed by atoms with van der Waals surface area (Å²) in [6.45, 7) is 1.45. The standard InChI is InChI=1S/C13H19NO2/c1-16-9-12(10-6-7-10)14-8-11-4-2-3-5-13(11)15/h2-5,10,12,14-15H,6-9H2,1H3. The van der Waals surface area contributed by atoms with Gasteiger partial charge in [-0.1, -0.05) is 18.2 Å². The van der Waals surface area contributed by atoms with Crippen LogP contribution in [0, 0.1) is 5.92 Å². The molecule has 16 heavy (non-hydrogen) atoms. The van der Waals surface area contributed by atoms with Crippen LogP contribution in [0.15, 0.2) is 24.3 Å². The third-order valence-corrected chi connectivity index (χ3v) is 3.08. The molecule has 3 heteroatoms. The van der Waals surface area contributed by atoms with Gasteiger partial charge >= 0.3 is 0 Å². The van der Waals surface area contributed by atoms with Crippen molar-refractivity contribution in [2.45, 2.75) is 25.4 Å². The van der Waals surface area contributed by atoms with Gasteiger partial charge in [0.1, 0.15) is 5.75 Å². The number of para-hydroxylation sites is 1. The van der Waals surface area contributed by atoms with Gasteiger partial charge in [-0.15, -0.1) is 0 Å². The van der Waals surface area contributed by atoms with Crippen LogP contribution in [0.25, 0.3) is 0 Å². The fourth-order valence-corrected chi connectivity index (χ4v) is 1.94. The number of hydrogen-bond donors (Lipinski definition) is 2. The molecule has 1 aliphatic rings. The van der Waals surface area contributed by atoms with E-state index in [1.807, 2.05) is 18.2 Å². The number of methoxy groups -OCH3 is 1. The lowest BCUT2D eigenvalue weighted by molar-refractivity contribution is 0.157. The zero-order valence-electron chi connectivity index (χ0n) is 9.65. The van der Waals surface area contributed by atoms with Crippen molar-refractivity contribution >= 4 is 0 Å². The van der Waals surface area contributed by atoms with Crippen LogP contribution in [-0.2, 0) is 11.3 Å². The molecule has 2 N–H and O–H groups in total. The second-order valence-electron chi connectivity index (χ2n) is 4.41.